The first kappa shape index (κ1) is 12.5. The summed E-state index contributed by atoms with van der Waals surface area (Å²) in [5.41, 5.74) is -1.35. The van der Waals surface area contributed by atoms with Crippen molar-refractivity contribution in [2.45, 2.75) is 6.92 Å². The van der Waals surface area contributed by atoms with Crippen LogP contribution in [0, 0.1) is 0 Å². The summed E-state index contributed by atoms with van der Waals surface area (Å²) in [5, 5.41) is 16.6. The SMILES string of the molecule is CC(=O)O.Cn1cnc2c1c(=O)[nH]c(=O)n2O. The van der Waals surface area contributed by atoms with Gasteiger partial charge in [-0.1, -0.05) is 0 Å². The van der Waals surface area contributed by atoms with Crippen molar-refractivity contribution in [3.63, 3.8) is 0 Å². The summed E-state index contributed by atoms with van der Waals surface area (Å²) in [6.45, 7) is 1.08. The highest BCUT2D eigenvalue weighted by molar-refractivity contribution is 5.69. The van der Waals surface area contributed by atoms with Gasteiger partial charge in [0.1, 0.15) is 0 Å². The van der Waals surface area contributed by atoms with E-state index >= 15 is 0 Å². The first-order valence-corrected chi connectivity index (χ1v) is 4.39. The van der Waals surface area contributed by atoms with Crippen LogP contribution in [-0.2, 0) is 11.8 Å². The Morgan fingerprint density at radius 3 is 2.53 bits per heavy atom. The van der Waals surface area contributed by atoms with Gasteiger partial charge in [-0.15, -0.1) is 4.73 Å². The van der Waals surface area contributed by atoms with Crippen molar-refractivity contribution >= 4 is 17.1 Å². The van der Waals surface area contributed by atoms with Crippen molar-refractivity contribution in [2.24, 2.45) is 7.05 Å². The Morgan fingerprint density at radius 2 is 2.00 bits per heavy atom. The maximum absolute atomic E-state index is 11.2. The molecule has 3 N–H and O–H groups in total. The van der Waals surface area contributed by atoms with E-state index < -0.39 is 17.2 Å². The Kier molecular flexibility index (Phi) is 3.31. The molecule has 0 spiro atoms. The Bertz CT molecular complexity index is 661. The number of imidazole rings is 1. The second-order valence-electron chi connectivity index (χ2n) is 3.12. The summed E-state index contributed by atoms with van der Waals surface area (Å²) in [6, 6.07) is 0. The van der Waals surface area contributed by atoms with Gasteiger partial charge < -0.3 is 14.9 Å². The normalized spacial score (nSPS) is 9.76. The lowest BCUT2D eigenvalue weighted by atomic mass is 10.5. The van der Waals surface area contributed by atoms with Gasteiger partial charge in [0, 0.05) is 14.0 Å². The van der Waals surface area contributed by atoms with Gasteiger partial charge in [0.25, 0.3) is 11.5 Å². The molecule has 0 atom stereocenters. The van der Waals surface area contributed by atoms with Gasteiger partial charge in [0.2, 0.25) is 5.65 Å². The number of H-pyrrole nitrogens is 1. The molecule has 0 saturated heterocycles. The van der Waals surface area contributed by atoms with E-state index in [9.17, 15) is 9.59 Å². The molecule has 0 aliphatic carbocycles. The van der Waals surface area contributed by atoms with Gasteiger partial charge in [0.15, 0.2) is 5.52 Å². The Labute approximate surface area is 93.5 Å². The molecule has 2 rings (SSSR count). The molecule has 0 aliphatic heterocycles. The van der Waals surface area contributed by atoms with E-state index in [4.69, 9.17) is 15.1 Å². The average molecular weight is 242 g/mol. The van der Waals surface area contributed by atoms with Crippen molar-refractivity contribution < 1.29 is 15.1 Å². The number of nitrogens with one attached hydrogen (secondary N) is 1. The fourth-order valence-electron chi connectivity index (χ4n) is 1.14. The van der Waals surface area contributed by atoms with E-state index in [0.29, 0.717) is 4.73 Å². The third kappa shape index (κ3) is 2.51. The first-order valence-electron chi connectivity index (χ1n) is 4.39. The Morgan fingerprint density at radius 1 is 1.47 bits per heavy atom. The number of aryl methyl sites for hydroxylation is 1. The molecule has 0 bridgehead atoms. The zero-order chi connectivity index (χ0) is 13.2. The highest BCUT2D eigenvalue weighted by atomic mass is 16.5. The van der Waals surface area contributed by atoms with Crippen LogP contribution in [0.5, 0.6) is 0 Å². The van der Waals surface area contributed by atoms with Crippen LogP contribution in [-0.4, -0.2) is 35.5 Å². The number of rotatable bonds is 0. The minimum absolute atomic E-state index is 0.0451. The number of carboxylic acid groups (broad SMARTS) is 1. The van der Waals surface area contributed by atoms with E-state index in [2.05, 4.69) is 4.98 Å². The molecule has 0 radical (unpaired) electrons. The van der Waals surface area contributed by atoms with Gasteiger partial charge >= 0.3 is 5.69 Å². The van der Waals surface area contributed by atoms with Crippen molar-refractivity contribution in [2.75, 3.05) is 0 Å². The maximum atomic E-state index is 11.2. The third-order valence-electron chi connectivity index (χ3n) is 1.75. The molecule has 2 heterocycles. The van der Waals surface area contributed by atoms with Crippen molar-refractivity contribution in [1.82, 2.24) is 19.3 Å². The Balaban J connectivity index is 0.000000317. The molecular formula is C8H10N4O5. The number of carbonyl (C=O) groups is 1. The lowest BCUT2D eigenvalue weighted by Gasteiger charge is -1.95. The number of aromatic amines is 1. The topological polar surface area (TPSA) is 130 Å². The summed E-state index contributed by atoms with van der Waals surface area (Å²) in [5.74, 6) is -0.833. The zero-order valence-electron chi connectivity index (χ0n) is 9.04. The largest absolute Gasteiger partial charge is 0.481 e. The fourth-order valence-corrected chi connectivity index (χ4v) is 1.14. The third-order valence-corrected chi connectivity index (χ3v) is 1.75. The molecule has 0 amide bonds. The fraction of sp³-hybridized carbons (Fsp3) is 0.250. The molecule has 2 aromatic heterocycles. The van der Waals surface area contributed by atoms with E-state index in [1.54, 1.807) is 7.05 Å². The molecular weight excluding hydrogens is 232 g/mol. The lowest BCUT2D eigenvalue weighted by molar-refractivity contribution is -0.134. The number of aromatic nitrogens is 4. The summed E-state index contributed by atoms with van der Waals surface area (Å²) in [4.78, 5) is 36.7. The predicted molar refractivity (Wildman–Crippen MR) is 56.1 cm³/mol. The molecule has 2 aromatic rings. The van der Waals surface area contributed by atoms with Crippen molar-refractivity contribution in [1.29, 1.82) is 0 Å². The second kappa shape index (κ2) is 4.51. The number of nitrogens with zero attached hydrogens (tertiary/aromatic N) is 3. The van der Waals surface area contributed by atoms with Crippen LogP contribution in [0.4, 0.5) is 0 Å². The van der Waals surface area contributed by atoms with Crippen LogP contribution in [0.1, 0.15) is 6.92 Å². The van der Waals surface area contributed by atoms with Crippen LogP contribution in [0.3, 0.4) is 0 Å². The number of hydrogen-bond donors (Lipinski definition) is 3. The summed E-state index contributed by atoms with van der Waals surface area (Å²) in [7, 11) is 1.59. The second-order valence-corrected chi connectivity index (χ2v) is 3.12. The monoisotopic (exact) mass is 242 g/mol. The molecule has 92 valence electrons. The molecule has 0 unspecified atom stereocenters. The smallest absolute Gasteiger partial charge is 0.363 e. The molecule has 17 heavy (non-hydrogen) atoms. The highest BCUT2D eigenvalue weighted by Gasteiger charge is 2.10. The van der Waals surface area contributed by atoms with Gasteiger partial charge in [-0.05, 0) is 0 Å². The molecule has 9 heteroatoms. The molecule has 0 saturated carbocycles. The van der Waals surface area contributed by atoms with Crippen LogP contribution in [0.2, 0.25) is 0 Å². The number of hydrogen-bond acceptors (Lipinski definition) is 5. The summed E-state index contributed by atoms with van der Waals surface area (Å²) >= 11 is 0. The van der Waals surface area contributed by atoms with Gasteiger partial charge in [-0.3, -0.25) is 14.6 Å². The maximum Gasteiger partial charge on any atom is 0.363 e. The molecule has 0 aromatic carbocycles. The molecule has 0 fully saturated rings. The average Bonchev–Trinajstić information content (AvgIpc) is 2.56. The standard InChI is InChI=1S/C6H6N4O3.C2H4O2/c1-9-2-7-4-3(9)5(11)8-6(12)10(4)13;1-2(3)4/h2,13H,1H3,(H,8,11,12);1H3,(H,3,4). The summed E-state index contributed by atoms with van der Waals surface area (Å²) < 4.78 is 1.72. The van der Waals surface area contributed by atoms with E-state index in [-0.39, 0.29) is 11.2 Å². The molecule has 9 nitrogen and oxygen atoms in total. The van der Waals surface area contributed by atoms with Crippen molar-refractivity contribution in [3.05, 3.63) is 27.2 Å². The van der Waals surface area contributed by atoms with Crippen LogP contribution < -0.4 is 11.2 Å². The van der Waals surface area contributed by atoms with Crippen LogP contribution in [0.15, 0.2) is 15.9 Å². The van der Waals surface area contributed by atoms with E-state index in [0.717, 1.165) is 6.92 Å². The number of carboxylic acids is 1. The number of fused-ring (bicyclic) bond motifs is 1. The van der Waals surface area contributed by atoms with E-state index in [1.807, 2.05) is 4.98 Å². The predicted octanol–water partition coefficient (Wildman–Crippen LogP) is -1.25. The van der Waals surface area contributed by atoms with Crippen molar-refractivity contribution in [3.8, 4) is 0 Å². The summed E-state index contributed by atoms with van der Waals surface area (Å²) in [6.07, 6.45) is 1.34. The minimum Gasteiger partial charge on any atom is -0.481 e. The van der Waals surface area contributed by atoms with Gasteiger partial charge in [-0.25, -0.2) is 9.78 Å². The van der Waals surface area contributed by atoms with Gasteiger partial charge in [-0.2, -0.15) is 0 Å². The molecule has 0 aliphatic rings. The Hall–Kier alpha value is -2.58. The van der Waals surface area contributed by atoms with Crippen LogP contribution in [0.25, 0.3) is 11.2 Å². The first-order chi connectivity index (χ1) is 7.84. The lowest BCUT2D eigenvalue weighted by Crippen LogP contribution is -2.29. The van der Waals surface area contributed by atoms with Crippen LogP contribution >= 0.6 is 0 Å². The highest BCUT2D eigenvalue weighted by Crippen LogP contribution is 2.00. The van der Waals surface area contributed by atoms with E-state index in [1.165, 1.54) is 10.9 Å². The minimum atomic E-state index is -0.892. The number of aliphatic carboxylic acids is 1. The van der Waals surface area contributed by atoms with Gasteiger partial charge in [0.05, 0.1) is 6.33 Å². The quantitative estimate of drug-likeness (QED) is 0.495. The zero-order valence-corrected chi connectivity index (χ0v) is 9.04.